The molecule has 0 aromatic carbocycles. The third-order valence-electron chi connectivity index (χ3n) is 0.268. The quantitative estimate of drug-likeness (QED) is 0.557. The van der Waals surface area contributed by atoms with E-state index >= 15 is 0 Å². The summed E-state index contributed by atoms with van der Waals surface area (Å²) in [7, 11) is 0. The van der Waals surface area contributed by atoms with E-state index in [0.717, 1.165) is 0 Å². The molecule has 0 aromatic rings. The maximum absolute atomic E-state index is 10.1. The van der Waals surface area contributed by atoms with Gasteiger partial charge in [0.25, 0.3) is 0 Å². The maximum atomic E-state index is 10.1. The third-order valence-corrected chi connectivity index (χ3v) is 0.268. The Labute approximate surface area is 73.9 Å². The molecule has 0 aliphatic carbocycles. The molecule has 0 rings (SSSR count). The van der Waals surface area contributed by atoms with Crippen LogP contribution in [0, 0.1) is 0 Å². The van der Waals surface area contributed by atoms with E-state index in [-0.39, 0.29) is 12.9 Å². The van der Waals surface area contributed by atoms with Crippen LogP contribution in [-0.2, 0) is 4.74 Å². The number of hydrogen-bond donors (Lipinski definition) is 3. The van der Waals surface area contributed by atoms with Crippen molar-refractivity contribution in [3.05, 3.63) is 12.9 Å². The molecule has 0 fully saturated rings. The highest BCUT2D eigenvalue weighted by atomic mass is 19.1. The van der Waals surface area contributed by atoms with Crippen molar-refractivity contribution < 1.29 is 34.0 Å². The highest BCUT2D eigenvalue weighted by Crippen LogP contribution is 1.69. The molecule has 13 heavy (non-hydrogen) atoms. The molecule has 0 aliphatic heterocycles. The van der Waals surface area contributed by atoms with Crippen molar-refractivity contribution in [1.82, 2.24) is 0 Å². The van der Waals surface area contributed by atoms with Crippen LogP contribution < -0.4 is 0 Å². The first-order valence-electron chi connectivity index (χ1n) is 2.91. The smallest absolute Gasteiger partial charge is 0.450 e. The monoisotopic (exact) mass is 198 g/mol. The van der Waals surface area contributed by atoms with Crippen molar-refractivity contribution >= 4 is 12.3 Å². The van der Waals surface area contributed by atoms with Crippen molar-refractivity contribution in [3.8, 4) is 0 Å². The van der Waals surface area contributed by atoms with E-state index in [1.54, 1.807) is 6.92 Å². The largest absolute Gasteiger partial charge is 0.505 e. The Bertz CT molecular complexity index is 142. The normalized spacial score (nSPS) is 6.31. The Balaban J connectivity index is -0.000000125. The van der Waals surface area contributed by atoms with Crippen molar-refractivity contribution in [2.45, 2.75) is 6.92 Å². The van der Waals surface area contributed by atoms with Crippen LogP contribution in [0.2, 0.25) is 0 Å². The lowest BCUT2D eigenvalue weighted by atomic mass is 10.9. The fraction of sp³-hybridized carbons (Fsp3) is 0.333. The highest BCUT2D eigenvalue weighted by molar-refractivity contribution is 5.56. The van der Waals surface area contributed by atoms with Crippen LogP contribution in [0.3, 0.4) is 0 Å². The molecule has 7 heteroatoms. The summed E-state index contributed by atoms with van der Waals surface area (Å²) in [5.41, 5.74) is 0. The first-order valence-corrected chi connectivity index (χ1v) is 2.91. The standard InChI is InChI=1S/C3H6O3.C2H3F.CH2O3/c1-2-6-3(4)5;1-2-3;2-1(3)4/h2H2,1H3,(H,4,5);2H,1H2;(H2,2,3,4). The summed E-state index contributed by atoms with van der Waals surface area (Å²) < 4.78 is 14.0. The van der Waals surface area contributed by atoms with Crippen LogP contribution in [0.1, 0.15) is 6.92 Å². The topological polar surface area (TPSA) is 104 Å². The number of carbonyl (C=O) groups is 2. The predicted molar refractivity (Wildman–Crippen MR) is 41.6 cm³/mol. The van der Waals surface area contributed by atoms with Crippen LogP contribution in [0.5, 0.6) is 0 Å². The summed E-state index contributed by atoms with van der Waals surface area (Å²) in [6, 6.07) is 0. The molecule has 0 aliphatic rings. The van der Waals surface area contributed by atoms with Crippen molar-refractivity contribution in [1.29, 1.82) is 0 Å². The van der Waals surface area contributed by atoms with Gasteiger partial charge in [-0.1, -0.05) is 6.58 Å². The Hall–Kier alpha value is -1.79. The van der Waals surface area contributed by atoms with Gasteiger partial charge in [0.15, 0.2) is 0 Å². The molecule has 0 radical (unpaired) electrons. The first kappa shape index (κ1) is 17.3. The molecule has 0 bridgehead atoms. The lowest BCUT2D eigenvalue weighted by Crippen LogP contribution is -1.97. The zero-order chi connectivity index (χ0) is 11.3. The van der Waals surface area contributed by atoms with Gasteiger partial charge < -0.3 is 20.1 Å². The Morgan fingerprint density at radius 2 is 1.69 bits per heavy atom. The zero-order valence-electron chi connectivity index (χ0n) is 6.94. The van der Waals surface area contributed by atoms with Crippen molar-refractivity contribution in [3.63, 3.8) is 0 Å². The van der Waals surface area contributed by atoms with E-state index < -0.39 is 12.3 Å². The second-order valence-corrected chi connectivity index (χ2v) is 1.14. The molecular weight excluding hydrogens is 187 g/mol. The van der Waals surface area contributed by atoms with Gasteiger partial charge in [0, 0.05) is 0 Å². The Morgan fingerprint density at radius 3 is 1.69 bits per heavy atom. The molecule has 0 aromatic heterocycles. The minimum absolute atomic E-state index is 0.231. The average molecular weight is 198 g/mol. The molecule has 0 heterocycles. The number of halogens is 1. The number of rotatable bonds is 1. The van der Waals surface area contributed by atoms with Crippen LogP contribution in [0.4, 0.5) is 14.0 Å². The lowest BCUT2D eigenvalue weighted by Gasteiger charge is -1.87. The van der Waals surface area contributed by atoms with Gasteiger partial charge in [0.05, 0.1) is 12.9 Å². The minimum Gasteiger partial charge on any atom is -0.450 e. The zero-order valence-corrected chi connectivity index (χ0v) is 6.94. The summed E-state index contributed by atoms with van der Waals surface area (Å²) in [6.45, 7) is 4.55. The molecule has 0 spiro atoms. The number of carboxylic acid groups (broad SMARTS) is 3. The molecule has 78 valence electrons. The van der Waals surface area contributed by atoms with E-state index in [1.165, 1.54) is 0 Å². The fourth-order valence-electron chi connectivity index (χ4n) is 0.123. The van der Waals surface area contributed by atoms with Gasteiger partial charge in [-0.05, 0) is 6.92 Å². The van der Waals surface area contributed by atoms with Crippen molar-refractivity contribution in [2.24, 2.45) is 0 Å². The van der Waals surface area contributed by atoms with E-state index in [9.17, 15) is 9.18 Å². The average Bonchev–Trinajstić information content (AvgIpc) is 1.86. The van der Waals surface area contributed by atoms with Crippen LogP contribution >= 0.6 is 0 Å². The fourth-order valence-corrected chi connectivity index (χ4v) is 0.123. The van der Waals surface area contributed by atoms with Gasteiger partial charge in [-0.15, -0.1) is 0 Å². The van der Waals surface area contributed by atoms with Gasteiger partial charge >= 0.3 is 12.3 Å². The maximum Gasteiger partial charge on any atom is 0.505 e. The Kier molecular flexibility index (Phi) is 22.2. The SMILES string of the molecule is C=CF.CCOC(=O)O.O=C(O)O. The number of ether oxygens (including phenoxy) is 1. The van der Waals surface area contributed by atoms with Crippen LogP contribution in [0.15, 0.2) is 12.9 Å². The van der Waals surface area contributed by atoms with E-state index in [2.05, 4.69) is 11.3 Å². The van der Waals surface area contributed by atoms with Crippen LogP contribution in [-0.4, -0.2) is 34.2 Å². The van der Waals surface area contributed by atoms with Gasteiger partial charge in [-0.3, -0.25) is 0 Å². The number of hydrogen-bond acceptors (Lipinski definition) is 3. The van der Waals surface area contributed by atoms with Gasteiger partial charge in [0.1, 0.15) is 0 Å². The van der Waals surface area contributed by atoms with Crippen molar-refractivity contribution in [2.75, 3.05) is 6.61 Å². The van der Waals surface area contributed by atoms with Gasteiger partial charge in [-0.2, -0.15) is 0 Å². The summed E-state index contributed by atoms with van der Waals surface area (Å²) in [4.78, 5) is 17.9. The second kappa shape index (κ2) is 16.7. The highest BCUT2D eigenvalue weighted by Gasteiger charge is 1.86. The molecule has 0 saturated heterocycles. The van der Waals surface area contributed by atoms with E-state index in [0.29, 0.717) is 0 Å². The molecule has 0 atom stereocenters. The third kappa shape index (κ3) is 470. The second-order valence-electron chi connectivity index (χ2n) is 1.14. The minimum atomic E-state index is -1.83. The predicted octanol–water partition coefficient (Wildman–Crippen LogP) is 2.02. The van der Waals surface area contributed by atoms with E-state index in [1.807, 2.05) is 0 Å². The summed E-state index contributed by atoms with van der Waals surface area (Å²) in [5.74, 6) is 0. The molecule has 0 amide bonds. The Morgan fingerprint density at radius 1 is 1.46 bits per heavy atom. The molecule has 6 nitrogen and oxygen atoms in total. The molecule has 0 unspecified atom stereocenters. The van der Waals surface area contributed by atoms with Gasteiger partial charge in [0.2, 0.25) is 0 Å². The summed E-state index contributed by atoms with van der Waals surface area (Å²) in [6.07, 6.45) is -2.79. The lowest BCUT2D eigenvalue weighted by molar-refractivity contribution is 0.0965. The van der Waals surface area contributed by atoms with Crippen LogP contribution in [0.25, 0.3) is 0 Å². The molecule has 3 N–H and O–H groups in total. The van der Waals surface area contributed by atoms with Gasteiger partial charge in [-0.25, -0.2) is 14.0 Å². The summed E-state index contributed by atoms with van der Waals surface area (Å²) >= 11 is 0. The van der Waals surface area contributed by atoms with E-state index in [4.69, 9.17) is 20.1 Å². The molecule has 0 saturated carbocycles. The first-order chi connectivity index (χ1) is 5.92. The summed E-state index contributed by atoms with van der Waals surface area (Å²) in [5, 5.41) is 21.6. The molecular formula is C6H11FO6.